The molecule has 4 nitrogen and oxygen atoms in total. The van der Waals surface area contributed by atoms with Crippen LogP contribution in [-0.4, -0.2) is 21.4 Å². The highest BCUT2D eigenvalue weighted by atomic mass is 15.3. The zero-order valence-electron chi connectivity index (χ0n) is 12.5. The van der Waals surface area contributed by atoms with E-state index >= 15 is 0 Å². The van der Waals surface area contributed by atoms with Crippen LogP contribution >= 0.6 is 0 Å². The van der Waals surface area contributed by atoms with Crippen LogP contribution in [0.1, 0.15) is 63.4 Å². The number of aryl methyl sites for hydroxylation is 2. The molecule has 2 saturated carbocycles. The first-order chi connectivity index (χ1) is 9.69. The van der Waals surface area contributed by atoms with Crippen LogP contribution in [0, 0.1) is 11.3 Å². The Hall–Kier alpha value is -1.34. The number of aromatic nitrogens is 2. The van der Waals surface area contributed by atoms with Gasteiger partial charge in [0.15, 0.2) is 0 Å². The van der Waals surface area contributed by atoms with Crippen LogP contribution in [0.4, 0.5) is 0 Å². The molecule has 2 atom stereocenters. The lowest BCUT2D eigenvalue weighted by atomic mass is 9.99. The topological polar surface area (TPSA) is 53.6 Å². The lowest BCUT2D eigenvalue weighted by Crippen LogP contribution is -2.43. The van der Waals surface area contributed by atoms with Crippen LogP contribution in [0.3, 0.4) is 0 Å². The molecule has 2 fully saturated rings. The number of nitrogens with one attached hydrogen (secondary N) is 1. The molecule has 0 amide bonds. The first-order valence-corrected chi connectivity index (χ1v) is 7.96. The van der Waals surface area contributed by atoms with Crippen LogP contribution in [-0.2, 0) is 12.8 Å². The van der Waals surface area contributed by atoms with Crippen molar-refractivity contribution in [2.24, 2.45) is 0 Å². The predicted molar refractivity (Wildman–Crippen MR) is 78.4 cm³/mol. The summed E-state index contributed by atoms with van der Waals surface area (Å²) in [6.07, 6.45) is 7.37. The maximum Gasteiger partial charge on any atom is 0.109 e. The molecule has 2 unspecified atom stereocenters. The number of hydrogen-bond donors (Lipinski definition) is 1. The van der Waals surface area contributed by atoms with Gasteiger partial charge in [-0.05, 0) is 44.6 Å². The summed E-state index contributed by atoms with van der Waals surface area (Å²) >= 11 is 0. The van der Waals surface area contributed by atoms with Crippen molar-refractivity contribution in [2.75, 3.05) is 0 Å². The standard InChI is InChI=1S/C16H24N4/c1-3-12-9-14(4-2)20(19-12)15-7-8-16(10-15,11-17)18-13-5-6-13/h9,13,15,18H,3-8,10H2,1-2H3. The lowest BCUT2D eigenvalue weighted by Gasteiger charge is -2.23. The Balaban J connectivity index is 1.78. The molecular weight excluding hydrogens is 248 g/mol. The molecule has 0 spiro atoms. The van der Waals surface area contributed by atoms with Crippen LogP contribution in [0.25, 0.3) is 0 Å². The van der Waals surface area contributed by atoms with Crippen LogP contribution in [0.15, 0.2) is 6.07 Å². The Bertz CT molecular complexity index is 523. The largest absolute Gasteiger partial charge is 0.297 e. The summed E-state index contributed by atoms with van der Waals surface area (Å²) in [6.45, 7) is 4.33. The molecule has 2 aliphatic rings. The molecule has 2 aliphatic carbocycles. The van der Waals surface area contributed by atoms with Crippen LogP contribution in [0.2, 0.25) is 0 Å². The van der Waals surface area contributed by atoms with E-state index < -0.39 is 0 Å². The van der Waals surface area contributed by atoms with Gasteiger partial charge < -0.3 is 0 Å². The molecule has 1 aromatic heterocycles. The maximum atomic E-state index is 9.59. The van der Waals surface area contributed by atoms with Gasteiger partial charge in [-0.25, -0.2) is 0 Å². The van der Waals surface area contributed by atoms with Crippen molar-refractivity contribution in [1.82, 2.24) is 15.1 Å². The molecule has 1 heterocycles. The van der Waals surface area contributed by atoms with E-state index in [1.165, 1.54) is 24.2 Å². The normalized spacial score (nSPS) is 29.6. The van der Waals surface area contributed by atoms with Gasteiger partial charge in [-0.2, -0.15) is 10.4 Å². The van der Waals surface area contributed by atoms with Crippen molar-refractivity contribution in [1.29, 1.82) is 5.26 Å². The number of nitriles is 1. The molecule has 1 N–H and O–H groups in total. The van der Waals surface area contributed by atoms with E-state index in [2.05, 4.69) is 36.0 Å². The Kier molecular flexibility index (Phi) is 3.55. The van der Waals surface area contributed by atoms with Crippen LogP contribution < -0.4 is 5.32 Å². The predicted octanol–water partition coefficient (Wildman–Crippen LogP) is 2.75. The fourth-order valence-electron chi connectivity index (χ4n) is 3.35. The van der Waals surface area contributed by atoms with Gasteiger partial charge in [-0.3, -0.25) is 10.00 Å². The lowest BCUT2D eigenvalue weighted by molar-refractivity contribution is 0.380. The molecule has 0 aliphatic heterocycles. The highest BCUT2D eigenvalue weighted by Crippen LogP contribution is 2.40. The number of nitrogens with zero attached hydrogens (tertiary/aromatic N) is 3. The second-order valence-corrected chi connectivity index (χ2v) is 6.29. The van der Waals surface area contributed by atoms with Gasteiger partial charge in [0.05, 0.1) is 17.8 Å². The fourth-order valence-corrected chi connectivity index (χ4v) is 3.35. The zero-order chi connectivity index (χ0) is 14.2. The van der Waals surface area contributed by atoms with Gasteiger partial charge in [0.1, 0.15) is 5.54 Å². The first-order valence-electron chi connectivity index (χ1n) is 7.96. The fraction of sp³-hybridized carbons (Fsp3) is 0.750. The maximum absolute atomic E-state index is 9.59. The quantitative estimate of drug-likeness (QED) is 0.896. The van der Waals surface area contributed by atoms with E-state index in [0.29, 0.717) is 12.1 Å². The molecule has 1 aromatic rings. The molecule has 0 bridgehead atoms. The van der Waals surface area contributed by atoms with Crippen molar-refractivity contribution in [3.8, 4) is 6.07 Å². The van der Waals surface area contributed by atoms with E-state index in [1.54, 1.807) is 0 Å². The van der Waals surface area contributed by atoms with E-state index in [4.69, 9.17) is 5.10 Å². The third-order valence-corrected chi connectivity index (χ3v) is 4.69. The van der Waals surface area contributed by atoms with E-state index in [-0.39, 0.29) is 5.54 Å². The average Bonchev–Trinajstić information content (AvgIpc) is 3.03. The monoisotopic (exact) mass is 272 g/mol. The van der Waals surface area contributed by atoms with Gasteiger partial charge in [0.2, 0.25) is 0 Å². The zero-order valence-corrected chi connectivity index (χ0v) is 12.5. The minimum Gasteiger partial charge on any atom is -0.297 e. The Morgan fingerprint density at radius 1 is 1.40 bits per heavy atom. The molecular formula is C16H24N4. The highest BCUT2D eigenvalue weighted by molar-refractivity contribution is 5.17. The molecule has 4 heteroatoms. The molecule has 0 saturated heterocycles. The summed E-state index contributed by atoms with van der Waals surface area (Å²) in [6, 6.07) is 5.75. The van der Waals surface area contributed by atoms with Gasteiger partial charge in [0.25, 0.3) is 0 Å². The van der Waals surface area contributed by atoms with Crippen molar-refractivity contribution >= 4 is 0 Å². The third kappa shape index (κ3) is 2.47. The van der Waals surface area contributed by atoms with Gasteiger partial charge in [-0.1, -0.05) is 13.8 Å². The van der Waals surface area contributed by atoms with Crippen LogP contribution in [0.5, 0.6) is 0 Å². The highest BCUT2D eigenvalue weighted by Gasteiger charge is 2.44. The van der Waals surface area contributed by atoms with Gasteiger partial charge >= 0.3 is 0 Å². The summed E-state index contributed by atoms with van der Waals surface area (Å²) in [5, 5.41) is 17.9. The summed E-state index contributed by atoms with van der Waals surface area (Å²) < 4.78 is 2.20. The summed E-state index contributed by atoms with van der Waals surface area (Å²) in [5.41, 5.74) is 2.17. The second kappa shape index (κ2) is 5.21. The van der Waals surface area contributed by atoms with Crippen molar-refractivity contribution in [3.05, 3.63) is 17.5 Å². The smallest absolute Gasteiger partial charge is 0.109 e. The second-order valence-electron chi connectivity index (χ2n) is 6.29. The molecule has 108 valence electrons. The molecule has 0 aromatic carbocycles. The van der Waals surface area contributed by atoms with E-state index in [1.807, 2.05) is 0 Å². The van der Waals surface area contributed by atoms with Crippen molar-refractivity contribution < 1.29 is 0 Å². The average molecular weight is 272 g/mol. The third-order valence-electron chi connectivity index (χ3n) is 4.69. The Morgan fingerprint density at radius 2 is 2.20 bits per heavy atom. The minimum absolute atomic E-state index is 0.310. The number of hydrogen-bond acceptors (Lipinski definition) is 3. The molecule has 20 heavy (non-hydrogen) atoms. The number of rotatable bonds is 5. The SMILES string of the molecule is CCc1cc(CC)n(C2CCC(C#N)(NC3CC3)C2)n1. The van der Waals surface area contributed by atoms with Crippen molar-refractivity contribution in [3.63, 3.8) is 0 Å². The molecule has 3 rings (SSSR count). The molecule has 0 radical (unpaired) electrons. The summed E-state index contributed by atoms with van der Waals surface area (Å²) in [7, 11) is 0. The Labute approximate surface area is 121 Å². The summed E-state index contributed by atoms with van der Waals surface area (Å²) in [4.78, 5) is 0. The van der Waals surface area contributed by atoms with E-state index in [0.717, 1.165) is 32.1 Å². The van der Waals surface area contributed by atoms with Crippen molar-refractivity contribution in [2.45, 2.75) is 76.4 Å². The van der Waals surface area contributed by atoms with Gasteiger partial charge in [-0.15, -0.1) is 0 Å². The minimum atomic E-state index is -0.310. The summed E-state index contributed by atoms with van der Waals surface area (Å²) in [5.74, 6) is 0. The van der Waals surface area contributed by atoms with E-state index in [9.17, 15) is 5.26 Å². The van der Waals surface area contributed by atoms with Gasteiger partial charge in [0, 0.05) is 18.2 Å². The Morgan fingerprint density at radius 3 is 2.80 bits per heavy atom. The first kappa shape index (κ1) is 13.6.